The maximum absolute atomic E-state index is 5.45. The lowest BCUT2D eigenvalue weighted by molar-refractivity contribution is 0.220. The first-order chi connectivity index (χ1) is 15.7. The SMILES string of the molecule is CN=C(NCc1cc(OC)c(OC)c(OC)c1)NCc1ccccc1CN1CCCCC1. The molecule has 32 heavy (non-hydrogen) atoms. The molecular formula is C25H36N4O3. The molecule has 1 aliphatic rings. The molecule has 0 aromatic heterocycles. The van der Waals surface area contributed by atoms with Gasteiger partial charge in [-0.3, -0.25) is 9.89 Å². The average Bonchev–Trinajstić information content (AvgIpc) is 2.84. The van der Waals surface area contributed by atoms with Gasteiger partial charge < -0.3 is 24.8 Å². The molecule has 7 nitrogen and oxygen atoms in total. The quantitative estimate of drug-likeness (QED) is 0.459. The molecule has 2 aromatic rings. The van der Waals surface area contributed by atoms with E-state index in [9.17, 15) is 0 Å². The monoisotopic (exact) mass is 440 g/mol. The Kier molecular flexibility index (Phi) is 9.04. The highest BCUT2D eigenvalue weighted by Gasteiger charge is 2.14. The van der Waals surface area contributed by atoms with Crippen molar-refractivity contribution in [1.82, 2.24) is 15.5 Å². The number of hydrogen-bond acceptors (Lipinski definition) is 5. The summed E-state index contributed by atoms with van der Waals surface area (Å²) in [4.78, 5) is 6.93. The Bertz CT molecular complexity index is 870. The van der Waals surface area contributed by atoms with Gasteiger partial charge in [0.2, 0.25) is 5.75 Å². The zero-order chi connectivity index (χ0) is 22.8. The molecular weight excluding hydrogens is 404 g/mol. The largest absolute Gasteiger partial charge is 0.493 e. The lowest BCUT2D eigenvalue weighted by Gasteiger charge is -2.27. The van der Waals surface area contributed by atoms with Gasteiger partial charge in [-0.15, -0.1) is 0 Å². The Morgan fingerprint density at radius 2 is 1.50 bits per heavy atom. The van der Waals surface area contributed by atoms with Crippen molar-refractivity contribution >= 4 is 5.96 Å². The molecule has 0 atom stereocenters. The van der Waals surface area contributed by atoms with Crippen LogP contribution in [0, 0.1) is 0 Å². The summed E-state index contributed by atoms with van der Waals surface area (Å²) < 4.78 is 16.3. The molecule has 1 saturated heterocycles. The number of guanidine groups is 1. The lowest BCUT2D eigenvalue weighted by atomic mass is 10.0. The zero-order valence-electron chi connectivity index (χ0n) is 19.7. The number of nitrogens with zero attached hydrogens (tertiary/aromatic N) is 2. The van der Waals surface area contributed by atoms with Crippen LogP contribution in [0.1, 0.15) is 36.0 Å². The second-order valence-electron chi connectivity index (χ2n) is 7.92. The number of benzene rings is 2. The van der Waals surface area contributed by atoms with Crippen molar-refractivity contribution in [3.63, 3.8) is 0 Å². The molecule has 2 N–H and O–H groups in total. The van der Waals surface area contributed by atoms with Crippen LogP contribution < -0.4 is 24.8 Å². The number of piperidine rings is 1. The summed E-state index contributed by atoms with van der Waals surface area (Å²) in [5, 5.41) is 6.82. The second kappa shape index (κ2) is 12.2. The smallest absolute Gasteiger partial charge is 0.203 e. The first-order valence-electron chi connectivity index (χ1n) is 11.2. The third kappa shape index (κ3) is 6.29. The van der Waals surface area contributed by atoms with Crippen LogP contribution in [-0.4, -0.2) is 52.3 Å². The van der Waals surface area contributed by atoms with Gasteiger partial charge in [0.1, 0.15) is 0 Å². The molecule has 0 saturated carbocycles. The maximum atomic E-state index is 5.45. The van der Waals surface area contributed by atoms with E-state index in [1.165, 1.54) is 43.5 Å². The second-order valence-corrected chi connectivity index (χ2v) is 7.92. The number of likely N-dealkylation sites (tertiary alicyclic amines) is 1. The van der Waals surface area contributed by atoms with Crippen LogP contribution in [-0.2, 0) is 19.6 Å². The minimum absolute atomic E-state index is 0.575. The number of methoxy groups -OCH3 is 3. The molecule has 0 spiro atoms. The van der Waals surface area contributed by atoms with Crippen LogP contribution >= 0.6 is 0 Å². The minimum Gasteiger partial charge on any atom is -0.493 e. The van der Waals surface area contributed by atoms with Crippen LogP contribution in [0.4, 0.5) is 0 Å². The normalized spacial score (nSPS) is 14.7. The summed E-state index contributed by atoms with van der Waals surface area (Å²) in [6, 6.07) is 12.5. The van der Waals surface area contributed by atoms with Gasteiger partial charge in [0.25, 0.3) is 0 Å². The van der Waals surface area contributed by atoms with Crippen molar-refractivity contribution in [1.29, 1.82) is 0 Å². The molecule has 2 aromatic carbocycles. The van der Waals surface area contributed by atoms with E-state index in [1.54, 1.807) is 28.4 Å². The molecule has 1 aliphatic heterocycles. The first-order valence-corrected chi connectivity index (χ1v) is 11.2. The number of hydrogen-bond donors (Lipinski definition) is 2. The third-order valence-corrected chi connectivity index (χ3v) is 5.82. The Hall–Kier alpha value is -2.93. The van der Waals surface area contributed by atoms with Gasteiger partial charge in [0.05, 0.1) is 21.3 Å². The van der Waals surface area contributed by atoms with Gasteiger partial charge in [0, 0.05) is 26.7 Å². The predicted molar refractivity (Wildman–Crippen MR) is 129 cm³/mol. The van der Waals surface area contributed by atoms with Crippen molar-refractivity contribution in [2.24, 2.45) is 4.99 Å². The summed E-state index contributed by atoms with van der Waals surface area (Å²) >= 11 is 0. The fraction of sp³-hybridized carbons (Fsp3) is 0.480. The van der Waals surface area contributed by atoms with Crippen LogP contribution in [0.15, 0.2) is 41.4 Å². The lowest BCUT2D eigenvalue weighted by Crippen LogP contribution is -2.36. The van der Waals surface area contributed by atoms with Crippen molar-refractivity contribution in [3.05, 3.63) is 53.1 Å². The standard InChI is InChI=1S/C25H36N4O3/c1-26-25(27-16-19-14-22(30-2)24(32-4)23(15-19)31-3)28-17-20-10-6-7-11-21(20)18-29-12-8-5-9-13-29/h6-7,10-11,14-15H,5,8-9,12-13,16-18H2,1-4H3,(H2,26,27,28). The van der Waals surface area contributed by atoms with E-state index in [-0.39, 0.29) is 0 Å². The molecule has 0 amide bonds. The number of aliphatic imine (C=N–C) groups is 1. The first kappa shape index (κ1) is 23.7. The number of nitrogens with one attached hydrogen (secondary N) is 2. The van der Waals surface area contributed by atoms with Gasteiger partial charge >= 0.3 is 0 Å². The van der Waals surface area contributed by atoms with Gasteiger partial charge in [-0.05, 0) is 54.8 Å². The fourth-order valence-electron chi connectivity index (χ4n) is 4.07. The molecule has 0 unspecified atom stereocenters. The van der Waals surface area contributed by atoms with Crippen LogP contribution in [0.2, 0.25) is 0 Å². The number of rotatable bonds is 9. The molecule has 0 aliphatic carbocycles. The van der Waals surface area contributed by atoms with E-state index in [0.717, 1.165) is 24.6 Å². The van der Waals surface area contributed by atoms with Crippen molar-refractivity contribution in [3.8, 4) is 17.2 Å². The fourth-order valence-corrected chi connectivity index (χ4v) is 4.07. The highest BCUT2D eigenvalue weighted by atomic mass is 16.5. The summed E-state index contributed by atoms with van der Waals surface area (Å²) in [6.45, 7) is 4.69. The van der Waals surface area contributed by atoms with E-state index in [0.29, 0.717) is 23.8 Å². The summed E-state index contributed by atoms with van der Waals surface area (Å²) in [5.41, 5.74) is 3.68. The van der Waals surface area contributed by atoms with Gasteiger partial charge in [-0.1, -0.05) is 30.7 Å². The molecule has 3 rings (SSSR count). The summed E-state index contributed by atoms with van der Waals surface area (Å²) in [6.07, 6.45) is 3.96. The van der Waals surface area contributed by atoms with E-state index in [2.05, 4.69) is 44.8 Å². The molecule has 174 valence electrons. The Morgan fingerprint density at radius 1 is 0.875 bits per heavy atom. The Morgan fingerprint density at radius 3 is 2.09 bits per heavy atom. The van der Waals surface area contributed by atoms with E-state index in [1.807, 2.05) is 12.1 Å². The molecule has 1 heterocycles. The van der Waals surface area contributed by atoms with Crippen LogP contribution in [0.3, 0.4) is 0 Å². The number of ether oxygens (including phenoxy) is 3. The highest BCUT2D eigenvalue weighted by Crippen LogP contribution is 2.38. The molecule has 0 bridgehead atoms. The van der Waals surface area contributed by atoms with Crippen LogP contribution in [0.25, 0.3) is 0 Å². The Labute approximate surface area is 191 Å². The van der Waals surface area contributed by atoms with E-state index in [4.69, 9.17) is 14.2 Å². The van der Waals surface area contributed by atoms with Crippen molar-refractivity contribution < 1.29 is 14.2 Å². The van der Waals surface area contributed by atoms with Gasteiger partial charge in [-0.25, -0.2) is 0 Å². The molecule has 7 heteroatoms. The third-order valence-electron chi connectivity index (χ3n) is 5.82. The van der Waals surface area contributed by atoms with Crippen LogP contribution in [0.5, 0.6) is 17.2 Å². The van der Waals surface area contributed by atoms with E-state index < -0.39 is 0 Å². The van der Waals surface area contributed by atoms with Gasteiger partial charge in [0.15, 0.2) is 17.5 Å². The van der Waals surface area contributed by atoms with Gasteiger partial charge in [-0.2, -0.15) is 0 Å². The van der Waals surface area contributed by atoms with Crippen molar-refractivity contribution in [2.45, 2.75) is 38.9 Å². The Balaban J connectivity index is 1.60. The van der Waals surface area contributed by atoms with E-state index >= 15 is 0 Å². The predicted octanol–water partition coefficient (Wildman–Crippen LogP) is 3.56. The topological polar surface area (TPSA) is 67.4 Å². The molecule has 1 fully saturated rings. The maximum Gasteiger partial charge on any atom is 0.203 e. The van der Waals surface area contributed by atoms with Crippen molar-refractivity contribution in [2.75, 3.05) is 41.5 Å². The average molecular weight is 441 g/mol. The zero-order valence-corrected chi connectivity index (χ0v) is 19.7. The summed E-state index contributed by atoms with van der Waals surface area (Å²) in [5.74, 6) is 2.61. The molecule has 0 radical (unpaired) electrons. The summed E-state index contributed by atoms with van der Waals surface area (Å²) in [7, 11) is 6.63. The minimum atomic E-state index is 0.575. The highest BCUT2D eigenvalue weighted by molar-refractivity contribution is 5.79.